The molecule has 6 N–H and O–H groups in total. The van der Waals surface area contributed by atoms with Crippen LogP contribution < -0.4 is 22.1 Å². The Balaban J connectivity index is 2.72. The molecule has 0 spiro atoms. The molecular weight excluding hydrogens is 232 g/mol. The number of carbonyl (C=O) groups is 2. The van der Waals surface area contributed by atoms with Crippen molar-refractivity contribution in [1.82, 2.24) is 10.6 Å². The van der Waals surface area contributed by atoms with Crippen LogP contribution in [0.4, 0.5) is 9.59 Å². The van der Waals surface area contributed by atoms with Gasteiger partial charge in [0.15, 0.2) is 0 Å². The van der Waals surface area contributed by atoms with Gasteiger partial charge in [0, 0.05) is 12.6 Å². The lowest BCUT2D eigenvalue weighted by molar-refractivity contribution is 0.0757. The Hall–Kier alpha value is -1.46. The minimum atomic E-state index is -0.515. The fourth-order valence-electron chi connectivity index (χ4n) is 3.37. The zero-order chi connectivity index (χ0) is 14.0. The Morgan fingerprint density at radius 2 is 1.78 bits per heavy atom. The molecule has 1 saturated carbocycles. The molecule has 4 amide bonds. The van der Waals surface area contributed by atoms with Crippen LogP contribution >= 0.6 is 0 Å². The molecule has 6 nitrogen and oxygen atoms in total. The van der Waals surface area contributed by atoms with Gasteiger partial charge in [0.2, 0.25) is 0 Å². The van der Waals surface area contributed by atoms with Gasteiger partial charge in [-0.1, -0.05) is 20.8 Å². The SMILES string of the molecule is CC1(C)C[C@H](NC(N)=O)C[C@](C)(CNC(N)=O)C1. The molecule has 18 heavy (non-hydrogen) atoms. The molecule has 1 fully saturated rings. The maximum atomic E-state index is 11.0. The average Bonchev–Trinajstić information content (AvgIpc) is 2.10. The van der Waals surface area contributed by atoms with Crippen molar-refractivity contribution in [2.75, 3.05) is 6.54 Å². The predicted molar refractivity (Wildman–Crippen MR) is 69.8 cm³/mol. The first kappa shape index (κ1) is 14.6. The van der Waals surface area contributed by atoms with Crippen LogP contribution in [0, 0.1) is 10.8 Å². The van der Waals surface area contributed by atoms with Crippen molar-refractivity contribution >= 4 is 12.1 Å². The van der Waals surface area contributed by atoms with Gasteiger partial charge in [-0.25, -0.2) is 9.59 Å². The first-order valence-corrected chi connectivity index (χ1v) is 6.21. The number of nitrogens with two attached hydrogens (primary N) is 2. The van der Waals surface area contributed by atoms with Gasteiger partial charge in [-0.3, -0.25) is 0 Å². The Morgan fingerprint density at radius 3 is 2.28 bits per heavy atom. The average molecular weight is 256 g/mol. The van der Waals surface area contributed by atoms with Gasteiger partial charge in [0.1, 0.15) is 0 Å². The first-order chi connectivity index (χ1) is 8.12. The predicted octanol–water partition coefficient (Wildman–Crippen LogP) is 0.908. The molecule has 1 aliphatic carbocycles. The number of amides is 4. The van der Waals surface area contributed by atoms with E-state index in [1.165, 1.54) is 0 Å². The molecule has 0 aromatic heterocycles. The highest BCUT2D eigenvalue weighted by atomic mass is 16.2. The summed E-state index contributed by atoms with van der Waals surface area (Å²) in [4.78, 5) is 21.8. The highest BCUT2D eigenvalue weighted by Crippen LogP contribution is 2.45. The minimum absolute atomic E-state index is 0.0472. The number of rotatable bonds is 3. The normalized spacial score (nSPS) is 30.5. The monoisotopic (exact) mass is 256 g/mol. The summed E-state index contributed by atoms with van der Waals surface area (Å²) < 4.78 is 0. The molecule has 104 valence electrons. The summed E-state index contributed by atoms with van der Waals surface area (Å²) in [5.74, 6) is 0. The van der Waals surface area contributed by atoms with E-state index in [0.717, 1.165) is 19.3 Å². The van der Waals surface area contributed by atoms with Crippen molar-refractivity contribution in [2.45, 2.75) is 46.1 Å². The summed E-state index contributed by atoms with van der Waals surface area (Å²) in [6.07, 6.45) is 2.65. The Labute approximate surface area is 108 Å². The smallest absolute Gasteiger partial charge is 0.312 e. The summed E-state index contributed by atoms with van der Waals surface area (Å²) in [5, 5.41) is 5.44. The van der Waals surface area contributed by atoms with E-state index in [4.69, 9.17) is 11.5 Å². The number of nitrogens with one attached hydrogen (secondary N) is 2. The van der Waals surface area contributed by atoms with Gasteiger partial charge in [-0.05, 0) is 30.1 Å². The van der Waals surface area contributed by atoms with Gasteiger partial charge < -0.3 is 22.1 Å². The minimum Gasteiger partial charge on any atom is -0.352 e. The van der Waals surface area contributed by atoms with Crippen LogP contribution in [0.25, 0.3) is 0 Å². The second-order valence-electron chi connectivity index (χ2n) is 6.48. The molecule has 0 aromatic rings. The van der Waals surface area contributed by atoms with Crippen LogP contribution in [0.2, 0.25) is 0 Å². The standard InChI is InChI=1S/C12H24N4O2/c1-11(2)4-8(16-10(14)18)5-12(3,6-11)7-15-9(13)17/h8H,4-7H2,1-3H3,(H3,13,15,17)(H3,14,16,18)/t8-,12-/m0/s1. The number of hydrogen-bond acceptors (Lipinski definition) is 2. The van der Waals surface area contributed by atoms with Crippen molar-refractivity contribution in [3.05, 3.63) is 0 Å². The summed E-state index contributed by atoms with van der Waals surface area (Å²) in [6.45, 7) is 6.93. The summed E-state index contributed by atoms with van der Waals surface area (Å²) in [5.41, 5.74) is 10.3. The first-order valence-electron chi connectivity index (χ1n) is 6.21. The van der Waals surface area contributed by atoms with Crippen molar-refractivity contribution in [3.63, 3.8) is 0 Å². The third-order valence-corrected chi connectivity index (χ3v) is 3.48. The Bertz CT molecular complexity index is 343. The van der Waals surface area contributed by atoms with Crippen molar-refractivity contribution in [1.29, 1.82) is 0 Å². The second kappa shape index (κ2) is 5.04. The fourth-order valence-corrected chi connectivity index (χ4v) is 3.37. The van der Waals surface area contributed by atoms with Gasteiger partial charge in [0.05, 0.1) is 0 Å². The van der Waals surface area contributed by atoms with Gasteiger partial charge in [0.25, 0.3) is 0 Å². The van der Waals surface area contributed by atoms with Crippen LogP contribution in [-0.2, 0) is 0 Å². The van der Waals surface area contributed by atoms with E-state index in [1.54, 1.807) is 0 Å². The molecule has 0 saturated heterocycles. The largest absolute Gasteiger partial charge is 0.352 e. The zero-order valence-electron chi connectivity index (χ0n) is 11.4. The van der Waals surface area contributed by atoms with Gasteiger partial charge in [-0.15, -0.1) is 0 Å². The van der Waals surface area contributed by atoms with Crippen LogP contribution in [0.15, 0.2) is 0 Å². The topological polar surface area (TPSA) is 110 Å². The maximum Gasteiger partial charge on any atom is 0.312 e. The highest BCUT2D eigenvalue weighted by molar-refractivity contribution is 5.72. The molecular formula is C12H24N4O2. The van der Waals surface area contributed by atoms with E-state index in [1.807, 2.05) is 0 Å². The van der Waals surface area contributed by atoms with E-state index in [0.29, 0.717) is 6.54 Å². The molecule has 0 bridgehead atoms. The maximum absolute atomic E-state index is 11.0. The molecule has 0 aliphatic heterocycles. The third-order valence-electron chi connectivity index (χ3n) is 3.48. The van der Waals surface area contributed by atoms with Crippen LogP contribution in [-0.4, -0.2) is 24.6 Å². The zero-order valence-corrected chi connectivity index (χ0v) is 11.4. The number of urea groups is 2. The van der Waals surface area contributed by atoms with Crippen molar-refractivity contribution < 1.29 is 9.59 Å². The molecule has 0 aromatic carbocycles. The van der Waals surface area contributed by atoms with Crippen molar-refractivity contribution in [2.24, 2.45) is 22.3 Å². The quantitative estimate of drug-likeness (QED) is 0.601. The van der Waals surface area contributed by atoms with Crippen LogP contribution in [0.1, 0.15) is 40.0 Å². The summed E-state index contributed by atoms with van der Waals surface area (Å²) >= 11 is 0. The van der Waals surface area contributed by atoms with Crippen LogP contribution in [0.5, 0.6) is 0 Å². The highest BCUT2D eigenvalue weighted by Gasteiger charge is 2.41. The lowest BCUT2D eigenvalue weighted by Crippen LogP contribution is -2.51. The van der Waals surface area contributed by atoms with E-state index in [2.05, 4.69) is 31.4 Å². The molecule has 0 radical (unpaired) electrons. The summed E-state index contributed by atoms with van der Waals surface area (Å²) in [6, 6.07) is -0.965. The van der Waals surface area contributed by atoms with Gasteiger partial charge >= 0.3 is 12.1 Å². The van der Waals surface area contributed by atoms with E-state index in [9.17, 15) is 9.59 Å². The molecule has 2 atom stereocenters. The van der Waals surface area contributed by atoms with Gasteiger partial charge in [-0.2, -0.15) is 0 Å². The Kier molecular flexibility index (Phi) is 4.09. The van der Waals surface area contributed by atoms with Crippen molar-refractivity contribution in [3.8, 4) is 0 Å². The second-order valence-corrected chi connectivity index (χ2v) is 6.48. The fraction of sp³-hybridized carbons (Fsp3) is 0.833. The Morgan fingerprint density at radius 1 is 1.17 bits per heavy atom. The summed E-state index contributed by atoms with van der Waals surface area (Å²) in [7, 11) is 0. The number of primary amides is 2. The van der Waals surface area contributed by atoms with E-state index < -0.39 is 12.1 Å². The lowest BCUT2D eigenvalue weighted by Gasteiger charge is -2.46. The molecule has 1 rings (SSSR count). The third kappa shape index (κ3) is 4.43. The van der Waals surface area contributed by atoms with Crippen LogP contribution in [0.3, 0.4) is 0 Å². The van der Waals surface area contributed by atoms with E-state index >= 15 is 0 Å². The molecule has 0 unspecified atom stereocenters. The molecule has 6 heteroatoms. The molecule has 0 heterocycles. The lowest BCUT2D eigenvalue weighted by atomic mass is 9.62. The van der Waals surface area contributed by atoms with E-state index in [-0.39, 0.29) is 16.9 Å². The number of carbonyl (C=O) groups excluding carboxylic acids is 2. The number of hydrogen-bond donors (Lipinski definition) is 4. The molecule has 1 aliphatic rings.